The summed E-state index contributed by atoms with van der Waals surface area (Å²) in [6, 6.07) is 10.7. The van der Waals surface area contributed by atoms with E-state index in [2.05, 4.69) is 10.1 Å². The highest BCUT2D eigenvalue weighted by Gasteiger charge is 2.19. The maximum Gasteiger partial charge on any atom is 0.274 e. The Hall–Kier alpha value is -2.41. The summed E-state index contributed by atoms with van der Waals surface area (Å²) >= 11 is 12.0. The van der Waals surface area contributed by atoms with Crippen LogP contribution < -0.4 is 0 Å². The van der Waals surface area contributed by atoms with Crippen molar-refractivity contribution in [2.75, 3.05) is 20.3 Å². The van der Waals surface area contributed by atoms with Crippen molar-refractivity contribution in [2.45, 2.75) is 13.0 Å². The summed E-state index contributed by atoms with van der Waals surface area (Å²) in [4.78, 5) is 18.8. The summed E-state index contributed by atoms with van der Waals surface area (Å²) in [6.07, 6.45) is 5.89. The summed E-state index contributed by atoms with van der Waals surface area (Å²) < 4.78 is 6.73. The van der Waals surface area contributed by atoms with Crippen molar-refractivity contribution in [2.24, 2.45) is 0 Å². The lowest BCUT2D eigenvalue weighted by Crippen LogP contribution is -2.32. The summed E-state index contributed by atoms with van der Waals surface area (Å²) in [5.41, 5.74) is 2.09. The molecule has 0 fully saturated rings. The highest BCUT2D eigenvalue weighted by Crippen LogP contribution is 2.24. The smallest absolute Gasteiger partial charge is 0.274 e. The molecule has 0 saturated carbocycles. The van der Waals surface area contributed by atoms with Crippen molar-refractivity contribution in [3.05, 3.63) is 76.3 Å². The van der Waals surface area contributed by atoms with Gasteiger partial charge in [-0.05, 0) is 48.4 Å². The van der Waals surface area contributed by atoms with Gasteiger partial charge < -0.3 is 9.64 Å². The molecule has 0 atom stereocenters. The van der Waals surface area contributed by atoms with Gasteiger partial charge in [0.1, 0.15) is 0 Å². The van der Waals surface area contributed by atoms with E-state index in [4.69, 9.17) is 27.9 Å². The van der Waals surface area contributed by atoms with Crippen LogP contribution in [0.15, 0.2) is 55.0 Å². The molecule has 0 N–H and O–H groups in total. The van der Waals surface area contributed by atoms with E-state index in [1.54, 1.807) is 59.5 Å². The normalized spacial score (nSPS) is 10.8. The molecule has 0 spiro atoms. The first-order chi connectivity index (χ1) is 13.6. The van der Waals surface area contributed by atoms with Gasteiger partial charge in [-0.15, -0.1) is 0 Å². The second-order valence-electron chi connectivity index (χ2n) is 6.17. The molecule has 1 amide bonds. The molecule has 2 heterocycles. The van der Waals surface area contributed by atoms with Crippen LogP contribution in [0.4, 0.5) is 0 Å². The molecule has 0 saturated heterocycles. The molecule has 1 aromatic carbocycles. The van der Waals surface area contributed by atoms with Crippen LogP contribution in [0.5, 0.6) is 0 Å². The van der Waals surface area contributed by atoms with E-state index in [9.17, 15) is 4.79 Å². The lowest BCUT2D eigenvalue weighted by molar-refractivity contribution is 0.0717. The van der Waals surface area contributed by atoms with Gasteiger partial charge in [-0.2, -0.15) is 5.10 Å². The number of halogens is 2. The molecule has 8 heteroatoms. The standard InChI is InChI=1S/C20H20Cl2N4O2/c1-28-12-2-10-25(14-15-5-8-23-9-6-15)20(27)19-7-11-26(24-19)16-3-4-17(21)18(22)13-16/h3-9,11,13H,2,10,12,14H2,1H3. The Morgan fingerprint density at radius 1 is 1.14 bits per heavy atom. The fraction of sp³-hybridized carbons (Fsp3) is 0.250. The number of carbonyl (C=O) groups excluding carboxylic acids is 1. The number of amides is 1. The molecular weight excluding hydrogens is 399 g/mol. The third kappa shape index (κ3) is 5.10. The van der Waals surface area contributed by atoms with Crippen molar-refractivity contribution in [1.82, 2.24) is 19.7 Å². The third-order valence-electron chi connectivity index (χ3n) is 4.16. The van der Waals surface area contributed by atoms with Crippen LogP contribution in [-0.4, -0.2) is 45.8 Å². The monoisotopic (exact) mass is 418 g/mol. The van der Waals surface area contributed by atoms with Crippen LogP contribution in [0.25, 0.3) is 5.69 Å². The summed E-state index contributed by atoms with van der Waals surface area (Å²) in [6.45, 7) is 1.62. The first kappa shape index (κ1) is 20.3. The predicted octanol–water partition coefficient (Wildman–Crippen LogP) is 4.25. The maximum atomic E-state index is 13.1. The van der Waals surface area contributed by atoms with E-state index < -0.39 is 0 Å². The Morgan fingerprint density at radius 3 is 2.64 bits per heavy atom. The highest BCUT2D eigenvalue weighted by molar-refractivity contribution is 6.42. The first-order valence-electron chi connectivity index (χ1n) is 8.76. The fourth-order valence-corrected chi connectivity index (χ4v) is 3.02. The lowest BCUT2D eigenvalue weighted by atomic mass is 10.2. The molecule has 2 aromatic heterocycles. The SMILES string of the molecule is COCCCN(Cc1ccncc1)C(=O)c1ccn(-c2ccc(Cl)c(Cl)c2)n1. The van der Waals surface area contributed by atoms with E-state index >= 15 is 0 Å². The van der Waals surface area contributed by atoms with Crippen molar-refractivity contribution < 1.29 is 9.53 Å². The number of hydrogen-bond donors (Lipinski definition) is 0. The van der Waals surface area contributed by atoms with Gasteiger partial charge in [0.05, 0.1) is 15.7 Å². The molecule has 0 aliphatic carbocycles. The molecule has 3 rings (SSSR count). The number of methoxy groups -OCH3 is 1. The third-order valence-corrected chi connectivity index (χ3v) is 4.90. The fourth-order valence-electron chi connectivity index (χ4n) is 2.73. The minimum absolute atomic E-state index is 0.147. The number of benzene rings is 1. The van der Waals surface area contributed by atoms with Crippen molar-refractivity contribution in [1.29, 1.82) is 0 Å². The summed E-state index contributed by atoms with van der Waals surface area (Å²) in [5, 5.41) is 5.32. The van der Waals surface area contributed by atoms with Gasteiger partial charge in [0.2, 0.25) is 0 Å². The summed E-state index contributed by atoms with van der Waals surface area (Å²) in [7, 11) is 1.65. The van der Waals surface area contributed by atoms with Crippen LogP contribution in [0.3, 0.4) is 0 Å². The average Bonchev–Trinajstić information content (AvgIpc) is 3.20. The van der Waals surface area contributed by atoms with E-state index in [0.29, 0.717) is 35.4 Å². The quantitative estimate of drug-likeness (QED) is 0.512. The van der Waals surface area contributed by atoms with E-state index in [1.807, 2.05) is 12.1 Å². The van der Waals surface area contributed by atoms with Gasteiger partial charge >= 0.3 is 0 Å². The van der Waals surface area contributed by atoms with Crippen LogP contribution in [0.2, 0.25) is 10.0 Å². The Kier molecular flexibility index (Phi) is 7.03. The van der Waals surface area contributed by atoms with Crippen LogP contribution in [0, 0.1) is 0 Å². The van der Waals surface area contributed by atoms with Crippen LogP contribution in [0.1, 0.15) is 22.5 Å². The number of carbonyl (C=O) groups is 1. The molecule has 0 radical (unpaired) electrons. The number of pyridine rings is 1. The number of rotatable bonds is 8. The summed E-state index contributed by atoms with van der Waals surface area (Å²) in [5.74, 6) is -0.147. The van der Waals surface area contributed by atoms with Gasteiger partial charge in [0, 0.05) is 45.4 Å². The van der Waals surface area contributed by atoms with Gasteiger partial charge in [0.25, 0.3) is 5.91 Å². The van der Waals surface area contributed by atoms with E-state index in [1.165, 1.54) is 0 Å². The van der Waals surface area contributed by atoms with Gasteiger partial charge in [0.15, 0.2) is 5.69 Å². The molecule has 0 bridgehead atoms. The minimum atomic E-state index is -0.147. The Morgan fingerprint density at radius 2 is 1.93 bits per heavy atom. The zero-order valence-corrected chi connectivity index (χ0v) is 16.9. The maximum absolute atomic E-state index is 13.1. The average molecular weight is 419 g/mol. The number of nitrogens with zero attached hydrogens (tertiary/aromatic N) is 4. The largest absolute Gasteiger partial charge is 0.385 e. The zero-order chi connectivity index (χ0) is 19.9. The second-order valence-corrected chi connectivity index (χ2v) is 6.99. The van der Waals surface area contributed by atoms with Gasteiger partial charge in [-0.3, -0.25) is 9.78 Å². The van der Waals surface area contributed by atoms with E-state index in [-0.39, 0.29) is 5.91 Å². The van der Waals surface area contributed by atoms with Gasteiger partial charge in [-0.25, -0.2) is 4.68 Å². The minimum Gasteiger partial charge on any atom is -0.385 e. The number of hydrogen-bond acceptors (Lipinski definition) is 4. The Balaban J connectivity index is 1.79. The molecular formula is C20H20Cl2N4O2. The Labute approximate surface area is 173 Å². The van der Waals surface area contributed by atoms with Crippen molar-refractivity contribution in [3.8, 4) is 5.69 Å². The molecule has 6 nitrogen and oxygen atoms in total. The molecule has 146 valence electrons. The van der Waals surface area contributed by atoms with Crippen LogP contribution >= 0.6 is 23.2 Å². The number of ether oxygens (including phenoxy) is 1. The zero-order valence-electron chi connectivity index (χ0n) is 15.4. The first-order valence-corrected chi connectivity index (χ1v) is 9.52. The predicted molar refractivity (Wildman–Crippen MR) is 109 cm³/mol. The topological polar surface area (TPSA) is 60.2 Å². The highest BCUT2D eigenvalue weighted by atomic mass is 35.5. The second kappa shape index (κ2) is 9.68. The Bertz CT molecular complexity index is 931. The van der Waals surface area contributed by atoms with Crippen molar-refractivity contribution >= 4 is 29.1 Å². The van der Waals surface area contributed by atoms with Crippen LogP contribution in [-0.2, 0) is 11.3 Å². The number of aromatic nitrogens is 3. The molecule has 0 aliphatic heterocycles. The molecule has 28 heavy (non-hydrogen) atoms. The molecule has 0 aliphatic rings. The van der Waals surface area contributed by atoms with Crippen molar-refractivity contribution in [3.63, 3.8) is 0 Å². The van der Waals surface area contributed by atoms with E-state index in [0.717, 1.165) is 17.7 Å². The molecule has 3 aromatic rings. The lowest BCUT2D eigenvalue weighted by Gasteiger charge is -2.21. The van der Waals surface area contributed by atoms with Gasteiger partial charge in [-0.1, -0.05) is 23.2 Å². The molecule has 0 unspecified atom stereocenters.